The lowest BCUT2D eigenvalue weighted by molar-refractivity contribution is -0.130. The molecule has 9 heteroatoms. The van der Waals surface area contributed by atoms with Gasteiger partial charge in [-0.1, -0.05) is 18.6 Å². The molecule has 0 saturated carbocycles. The number of nitrogens with one attached hydrogen (secondary N) is 2. The van der Waals surface area contributed by atoms with Crippen molar-refractivity contribution in [2.45, 2.75) is 30.4 Å². The van der Waals surface area contributed by atoms with E-state index in [4.69, 9.17) is 5.21 Å². The van der Waals surface area contributed by atoms with Crippen LogP contribution in [-0.4, -0.2) is 38.2 Å². The highest BCUT2D eigenvalue weighted by Crippen LogP contribution is 2.47. The third-order valence-electron chi connectivity index (χ3n) is 5.12. The van der Waals surface area contributed by atoms with Gasteiger partial charge in [-0.3, -0.25) is 14.8 Å². The first-order valence-electron chi connectivity index (χ1n) is 8.91. The normalized spacial score (nSPS) is 21.1. The van der Waals surface area contributed by atoms with Gasteiger partial charge in [-0.15, -0.1) is 11.3 Å². The Labute approximate surface area is 167 Å². The predicted octanol–water partition coefficient (Wildman–Crippen LogP) is 2.46. The van der Waals surface area contributed by atoms with E-state index in [1.165, 1.54) is 11.3 Å². The summed E-state index contributed by atoms with van der Waals surface area (Å²) in [4.78, 5) is 25.0. The van der Waals surface area contributed by atoms with Crippen LogP contribution in [0.2, 0.25) is 0 Å². The maximum Gasteiger partial charge on any atom is 0.251 e. The lowest BCUT2D eigenvalue weighted by Gasteiger charge is -2.35. The molecule has 3 N–H and O–H groups in total. The van der Waals surface area contributed by atoms with Crippen molar-refractivity contribution in [2.75, 3.05) is 12.8 Å². The van der Waals surface area contributed by atoms with E-state index in [2.05, 4.69) is 5.32 Å². The maximum absolute atomic E-state index is 13.0. The monoisotopic (exact) mass is 422 g/mol. The van der Waals surface area contributed by atoms with Crippen molar-refractivity contribution in [2.24, 2.45) is 0 Å². The number of rotatable bonds is 5. The van der Waals surface area contributed by atoms with Crippen LogP contribution in [0, 0.1) is 0 Å². The molecule has 2 heterocycles. The number of carbonyl (C=O) groups excluding carboxylic acids is 2. The number of carbonyl (C=O) groups is 2. The molecular formula is C19H22N2O5S2. The molecule has 150 valence electrons. The predicted molar refractivity (Wildman–Crippen MR) is 107 cm³/mol. The van der Waals surface area contributed by atoms with Crippen LogP contribution in [-0.2, 0) is 19.4 Å². The van der Waals surface area contributed by atoms with Crippen LogP contribution in [0.15, 0.2) is 36.4 Å². The molecule has 1 aliphatic rings. The van der Waals surface area contributed by atoms with Gasteiger partial charge < -0.3 is 5.32 Å². The fourth-order valence-electron chi connectivity index (χ4n) is 3.58. The number of hydroxylamine groups is 1. The van der Waals surface area contributed by atoms with Gasteiger partial charge in [0.2, 0.25) is 5.91 Å². The van der Waals surface area contributed by atoms with Crippen LogP contribution < -0.4 is 10.8 Å². The third-order valence-corrected chi connectivity index (χ3v) is 9.18. The number of benzene rings is 1. The van der Waals surface area contributed by atoms with Crippen molar-refractivity contribution in [3.63, 3.8) is 0 Å². The molecule has 0 radical (unpaired) electrons. The Balaban J connectivity index is 1.99. The van der Waals surface area contributed by atoms with Crippen LogP contribution in [0.1, 0.15) is 40.9 Å². The lowest BCUT2D eigenvalue weighted by Crippen LogP contribution is -2.43. The fraction of sp³-hybridized carbons (Fsp3) is 0.368. The molecule has 28 heavy (non-hydrogen) atoms. The molecule has 2 aromatic rings. The van der Waals surface area contributed by atoms with Gasteiger partial charge in [-0.25, -0.2) is 13.9 Å². The highest BCUT2D eigenvalue weighted by molar-refractivity contribution is 7.92. The van der Waals surface area contributed by atoms with Crippen LogP contribution >= 0.6 is 11.3 Å². The second-order valence-corrected chi connectivity index (χ2v) is 10.3. The highest BCUT2D eigenvalue weighted by atomic mass is 32.2. The Morgan fingerprint density at radius 2 is 1.86 bits per heavy atom. The van der Waals surface area contributed by atoms with Crippen molar-refractivity contribution in [1.82, 2.24) is 10.8 Å². The smallest absolute Gasteiger partial charge is 0.251 e. The summed E-state index contributed by atoms with van der Waals surface area (Å²) in [5.41, 5.74) is 2.96. The van der Waals surface area contributed by atoms with E-state index in [1.54, 1.807) is 30.7 Å². The second kappa shape index (κ2) is 8.02. The first-order valence-corrected chi connectivity index (χ1v) is 11.4. The Bertz CT molecular complexity index is 982. The van der Waals surface area contributed by atoms with E-state index in [0.717, 1.165) is 10.4 Å². The van der Waals surface area contributed by atoms with Gasteiger partial charge in [-0.05, 0) is 42.7 Å². The zero-order chi connectivity index (χ0) is 20.4. The van der Waals surface area contributed by atoms with Crippen molar-refractivity contribution in [3.8, 4) is 10.4 Å². The summed E-state index contributed by atoms with van der Waals surface area (Å²) in [6, 6.07) is 10.6. The van der Waals surface area contributed by atoms with E-state index in [-0.39, 0.29) is 18.1 Å². The average molecular weight is 423 g/mol. The minimum absolute atomic E-state index is 0.0275. The van der Waals surface area contributed by atoms with E-state index in [9.17, 15) is 18.0 Å². The molecule has 0 unspecified atom stereocenters. The lowest BCUT2D eigenvalue weighted by atomic mass is 9.94. The summed E-state index contributed by atoms with van der Waals surface area (Å²) in [5.74, 6) is -0.865. The Morgan fingerprint density at radius 1 is 1.14 bits per heavy atom. The van der Waals surface area contributed by atoms with Crippen LogP contribution in [0.3, 0.4) is 0 Å². The van der Waals surface area contributed by atoms with Gasteiger partial charge in [0.15, 0.2) is 9.84 Å². The van der Waals surface area contributed by atoms with Gasteiger partial charge in [0, 0.05) is 22.4 Å². The average Bonchev–Trinajstić information content (AvgIpc) is 3.19. The van der Waals surface area contributed by atoms with Crippen LogP contribution in [0.5, 0.6) is 0 Å². The molecule has 0 bridgehead atoms. The molecule has 1 saturated heterocycles. The number of sulfone groups is 1. The van der Waals surface area contributed by atoms with Crippen molar-refractivity contribution in [1.29, 1.82) is 0 Å². The van der Waals surface area contributed by atoms with E-state index in [0.29, 0.717) is 29.7 Å². The van der Waals surface area contributed by atoms with Crippen molar-refractivity contribution < 1.29 is 23.2 Å². The number of hydrogen-bond donors (Lipinski definition) is 3. The minimum Gasteiger partial charge on any atom is -0.355 e. The Hall–Kier alpha value is -2.23. The SMILES string of the molecule is CNC(=O)c1ccc(-c2ccc([C@@]3(CC(=O)NO)CCCCS3(=O)=O)s2)cc1. The van der Waals surface area contributed by atoms with Gasteiger partial charge in [0.1, 0.15) is 4.75 Å². The van der Waals surface area contributed by atoms with Gasteiger partial charge >= 0.3 is 0 Å². The quantitative estimate of drug-likeness (QED) is 0.506. The van der Waals surface area contributed by atoms with Crippen LogP contribution in [0.4, 0.5) is 0 Å². The Morgan fingerprint density at radius 3 is 2.46 bits per heavy atom. The van der Waals surface area contributed by atoms with E-state index in [1.807, 2.05) is 18.2 Å². The third kappa shape index (κ3) is 3.69. The molecule has 7 nitrogen and oxygen atoms in total. The van der Waals surface area contributed by atoms with Crippen molar-refractivity contribution >= 4 is 33.0 Å². The molecule has 1 fully saturated rings. The molecule has 1 aromatic carbocycles. The maximum atomic E-state index is 13.0. The topological polar surface area (TPSA) is 113 Å². The molecule has 1 atom stereocenters. The molecular weight excluding hydrogens is 400 g/mol. The van der Waals surface area contributed by atoms with E-state index >= 15 is 0 Å². The first kappa shape index (κ1) is 20.5. The molecule has 3 rings (SSSR count). The molecule has 2 amide bonds. The van der Waals surface area contributed by atoms with Crippen LogP contribution in [0.25, 0.3) is 10.4 Å². The summed E-state index contributed by atoms with van der Waals surface area (Å²) in [6.07, 6.45) is 1.32. The molecule has 1 aliphatic heterocycles. The van der Waals surface area contributed by atoms with Gasteiger partial charge in [-0.2, -0.15) is 0 Å². The molecule has 0 aliphatic carbocycles. The Kier molecular flexibility index (Phi) is 5.87. The van der Waals surface area contributed by atoms with Gasteiger partial charge in [0.05, 0.1) is 12.2 Å². The first-order chi connectivity index (χ1) is 13.3. The van der Waals surface area contributed by atoms with E-state index < -0.39 is 20.5 Å². The summed E-state index contributed by atoms with van der Waals surface area (Å²) in [6.45, 7) is 0. The standard InChI is InChI=1S/C19H22N2O5S2/c1-20-18(23)14-6-4-13(5-7-14)15-8-9-16(27-15)19(12-17(22)21-24)10-2-3-11-28(19,25)26/h4-9,24H,2-3,10-12H2,1H3,(H,20,23)(H,21,22)/t19-/m0/s1. The number of hydrogen-bond acceptors (Lipinski definition) is 6. The van der Waals surface area contributed by atoms with Gasteiger partial charge in [0.25, 0.3) is 5.91 Å². The molecule has 1 aromatic heterocycles. The molecule has 0 spiro atoms. The minimum atomic E-state index is -3.55. The number of amides is 2. The zero-order valence-corrected chi connectivity index (χ0v) is 17.0. The highest BCUT2D eigenvalue weighted by Gasteiger charge is 2.49. The fourth-order valence-corrected chi connectivity index (χ4v) is 7.37. The summed E-state index contributed by atoms with van der Waals surface area (Å²) < 4.78 is 24.6. The summed E-state index contributed by atoms with van der Waals surface area (Å²) >= 11 is 1.32. The summed E-state index contributed by atoms with van der Waals surface area (Å²) in [5, 5.41) is 11.5. The van der Waals surface area contributed by atoms with Crippen molar-refractivity contribution in [3.05, 3.63) is 46.8 Å². The largest absolute Gasteiger partial charge is 0.355 e. The zero-order valence-electron chi connectivity index (χ0n) is 15.4. The summed E-state index contributed by atoms with van der Waals surface area (Å²) in [7, 11) is -1.98. The number of thiophene rings is 1. The second-order valence-electron chi connectivity index (χ2n) is 6.80.